The number of carboxylic acid groups (broad SMARTS) is 1. The number of hydrogen-bond donors (Lipinski definition) is 2. The number of benzene rings is 1. The number of nitrogen functional groups attached to an aromatic ring is 1. The molecule has 5 nitrogen and oxygen atoms in total. The molecule has 0 aliphatic carbocycles. The smallest absolute Gasteiger partial charge is 0.335 e. The normalized spacial score (nSPS) is 10.6. The van der Waals surface area contributed by atoms with E-state index in [1.165, 1.54) is 12.1 Å². The lowest BCUT2D eigenvalue weighted by atomic mass is 10.2. The second kappa shape index (κ2) is 2.73. The molecular weight excluding hydrogens is 184 g/mol. The minimum absolute atomic E-state index is 0.103. The van der Waals surface area contributed by atoms with Gasteiger partial charge in [-0.3, -0.25) is 0 Å². The summed E-state index contributed by atoms with van der Waals surface area (Å²) < 4.78 is 5.19. The Morgan fingerprint density at radius 1 is 1.57 bits per heavy atom. The molecule has 0 saturated carbocycles. The quantitative estimate of drug-likeness (QED) is 0.667. The van der Waals surface area contributed by atoms with E-state index in [0.717, 1.165) is 0 Å². The molecule has 0 atom stereocenters. The van der Waals surface area contributed by atoms with Crippen LogP contribution in [0, 0.1) is 6.92 Å². The van der Waals surface area contributed by atoms with Crippen molar-refractivity contribution < 1.29 is 14.3 Å². The van der Waals surface area contributed by atoms with E-state index in [9.17, 15) is 4.79 Å². The van der Waals surface area contributed by atoms with Crippen molar-refractivity contribution in [2.75, 3.05) is 5.73 Å². The van der Waals surface area contributed by atoms with Gasteiger partial charge in [0.1, 0.15) is 5.52 Å². The van der Waals surface area contributed by atoms with Gasteiger partial charge in [0.2, 0.25) is 0 Å². The van der Waals surface area contributed by atoms with Crippen LogP contribution in [0.1, 0.15) is 16.2 Å². The van der Waals surface area contributed by atoms with Gasteiger partial charge in [0.15, 0.2) is 11.5 Å². The molecule has 0 fully saturated rings. The number of anilines is 1. The molecule has 0 aliphatic heterocycles. The SMILES string of the molecule is Cc1nc2c(N)cc(C(=O)O)cc2o1. The fourth-order valence-corrected chi connectivity index (χ4v) is 1.29. The molecule has 0 aliphatic rings. The number of aryl methyl sites for hydroxylation is 1. The standard InChI is InChI=1S/C9H8N2O3/c1-4-11-8-6(10)2-5(9(12)13)3-7(8)14-4/h2-3H,10H2,1H3,(H,12,13). The van der Waals surface area contributed by atoms with E-state index in [-0.39, 0.29) is 5.56 Å². The Labute approximate surface area is 79.2 Å². The van der Waals surface area contributed by atoms with Crippen LogP contribution in [-0.2, 0) is 0 Å². The van der Waals surface area contributed by atoms with Crippen molar-refractivity contribution in [2.45, 2.75) is 6.92 Å². The molecule has 0 unspecified atom stereocenters. The monoisotopic (exact) mass is 192 g/mol. The summed E-state index contributed by atoms with van der Waals surface area (Å²) >= 11 is 0. The van der Waals surface area contributed by atoms with E-state index in [4.69, 9.17) is 15.3 Å². The molecule has 3 N–H and O–H groups in total. The van der Waals surface area contributed by atoms with Crippen LogP contribution in [0.2, 0.25) is 0 Å². The molecule has 2 rings (SSSR count). The first-order chi connectivity index (χ1) is 6.58. The Morgan fingerprint density at radius 2 is 2.29 bits per heavy atom. The van der Waals surface area contributed by atoms with Crippen LogP contribution in [0.4, 0.5) is 5.69 Å². The van der Waals surface area contributed by atoms with Crippen molar-refractivity contribution in [1.29, 1.82) is 0 Å². The maximum absolute atomic E-state index is 10.7. The maximum Gasteiger partial charge on any atom is 0.335 e. The van der Waals surface area contributed by atoms with Gasteiger partial charge in [-0.05, 0) is 12.1 Å². The predicted octanol–water partition coefficient (Wildman–Crippen LogP) is 1.42. The zero-order chi connectivity index (χ0) is 10.3. The molecule has 2 aromatic rings. The molecule has 14 heavy (non-hydrogen) atoms. The number of oxazole rings is 1. The largest absolute Gasteiger partial charge is 0.478 e. The minimum atomic E-state index is -1.03. The number of nitrogens with zero attached hydrogens (tertiary/aromatic N) is 1. The van der Waals surface area contributed by atoms with Crippen LogP contribution in [0.25, 0.3) is 11.1 Å². The third-order valence-corrected chi connectivity index (χ3v) is 1.88. The highest BCUT2D eigenvalue weighted by atomic mass is 16.4. The lowest BCUT2D eigenvalue weighted by molar-refractivity contribution is 0.0697. The summed E-state index contributed by atoms with van der Waals surface area (Å²) in [4.78, 5) is 14.7. The summed E-state index contributed by atoms with van der Waals surface area (Å²) in [5.41, 5.74) is 6.95. The lowest BCUT2D eigenvalue weighted by Crippen LogP contribution is -1.98. The first kappa shape index (κ1) is 8.55. The fourth-order valence-electron chi connectivity index (χ4n) is 1.29. The Morgan fingerprint density at radius 3 is 2.93 bits per heavy atom. The molecule has 1 heterocycles. The van der Waals surface area contributed by atoms with Gasteiger partial charge >= 0.3 is 5.97 Å². The van der Waals surface area contributed by atoms with Crippen LogP contribution in [0.15, 0.2) is 16.5 Å². The molecule has 0 amide bonds. The lowest BCUT2D eigenvalue weighted by Gasteiger charge is -1.96. The van der Waals surface area contributed by atoms with E-state index in [1.807, 2.05) is 0 Å². The van der Waals surface area contributed by atoms with Crippen LogP contribution < -0.4 is 5.73 Å². The number of carbonyl (C=O) groups is 1. The van der Waals surface area contributed by atoms with Crippen molar-refractivity contribution in [2.24, 2.45) is 0 Å². The van der Waals surface area contributed by atoms with Crippen molar-refractivity contribution in [1.82, 2.24) is 4.98 Å². The summed E-state index contributed by atoms with van der Waals surface area (Å²) in [5.74, 6) is -0.568. The Kier molecular flexibility index (Phi) is 1.67. The third kappa shape index (κ3) is 1.19. The molecule has 0 radical (unpaired) electrons. The second-order valence-corrected chi connectivity index (χ2v) is 2.95. The molecule has 0 saturated heterocycles. The van der Waals surface area contributed by atoms with Gasteiger partial charge in [-0.2, -0.15) is 0 Å². The van der Waals surface area contributed by atoms with Gasteiger partial charge < -0.3 is 15.3 Å². The minimum Gasteiger partial charge on any atom is -0.478 e. The van der Waals surface area contributed by atoms with E-state index in [2.05, 4.69) is 4.98 Å². The summed E-state index contributed by atoms with van der Waals surface area (Å²) in [5, 5.41) is 8.76. The van der Waals surface area contributed by atoms with Crippen molar-refractivity contribution in [3.05, 3.63) is 23.6 Å². The number of hydrogen-bond acceptors (Lipinski definition) is 4. The van der Waals surface area contributed by atoms with Gasteiger partial charge in [0.05, 0.1) is 11.3 Å². The third-order valence-electron chi connectivity index (χ3n) is 1.88. The summed E-state index contributed by atoms with van der Waals surface area (Å²) in [6.45, 7) is 1.68. The summed E-state index contributed by atoms with van der Waals surface area (Å²) in [6, 6.07) is 2.78. The zero-order valence-electron chi connectivity index (χ0n) is 7.44. The second-order valence-electron chi connectivity index (χ2n) is 2.95. The maximum atomic E-state index is 10.7. The van der Waals surface area contributed by atoms with E-state index in [1.54, 1.807) is 6.92 Å². The molecule has 1 aromatic carbocycles. The van der Waals surface area contributed by atoms with Crippen molar-refractivity contribution >= 4 is 22.8 Å². The number of aromatic nitrogens is 1. The van der Waals surface area contributed by atoms with Crippen LogP contribution in [0.3, 0.4) is 0 Å². The highest BCUT2D eigenvalue weighted by Crippen LogP contribution is 2.23. The fraction of sp³-hybridized carbons (Fsp3) is 0.111. The number of fused-ring (bicyclic) bond motifs is 1. The highest BCUT2D eigenvalue weighted by Gasteiger charge is 2.11. The number of nitrogens with two attached hydrogens (primary N) is 1. The molecule has 72 valence electrons. The van der Waals surface area contributed by atoms with Crippen molar-refractivity contribution in [3.8, 4) is 0 Å². The summed E-state index contributed by atoms with van der Waals surface area (Å²) in [6.07, 6.45) is 0. The van der Waals surface area contributed by atoms with Gasteiger partial charge in [-0.15, -0.1) is 0 Å². The Hall–Kier alpha value is -2.04. The van der Waals surface area contributed by atoms with Gasteiger partial charge in [-0.1, -0.05) is 0 Å². The number of carboxylic acids is 1. The number of aromatic carboxylic acids is 1. The van der Waals surface area contributed by atoms with Crippen LogP contribution in [-0.4, -0.2) is 16.1 Å². The summed E-state index contributed by atoms with van der Waals surface area (Å²) in [7, 11) is 0. The Balaban J connectivity index is 2.77. The zero-order valence-corrected chi connectivity index (χ0v) is 7.44. The topological polar surface area (TPSA) is 89.3 Å². The first-order valence-electron chi connectivity index (χ1n) is 3.98. The average Bonchev–Trinajstić information content (AvgIpc) is 2.45. The van der Waals surface area contributed by atoms with Gasteiger partial charge in [-0.25, -0.2) is 9.78 Å². The molecule has 1 aromatic heterocycles. The molecular formula is C9H8N2O3. The molecule has 5 heteroatoms. The van der Waals surface area contributed by atoms with E-state index >= 15 is 0 Å². The van der Waals surface area contributed by atoms with Crippen LogP contribution in [0.5, 0.6) is 0 Å². The number of rotatable bonds is 1. The average molecular weight is 192 g/mol. The molecule has 0 spiro atoms. The molecule has 0 bridgehead atoms. The van der Waals surface area contributed by atoms with Gasteiger partial charge in [0, 0.05) is 6.92 Å². The first-order valence-corrected chi connectivity index (χ1v) is 3.98. The Bertz CT molecular complexity index is 516. The van der Waals surface area contributed by atoms with E-state index < -0.39 is 5.97 Å². The van der Waals surface area contributed by atoms with E-state index in [0.29, 0.717) is 22.7 Å². The predicted molar refractivity (Wildman–Crippen MR) is 50.1 cm³/mol. The van der Waals surface area contributed by atoms with Crippen LogP contribution >= 0.6 is 0 Å². The van der Waals surface area contributed by atoms with Gasteiger partial charge in [0.25, 0.3) is 0 Å². The van der Waals surface area contributed by atoms with Crippen molar-refractivity contribution in [3.63, 3.8) is 0 Å². The highest BCUT2D eigenvalue weighted by molar-refractivity contribution is 5.96.